The van der Waals surface area contributed by atoms with Gasteiger partial charge in [0, 0.05) is 82.9 Å². The van der Waals surface area contributed by atoms with E-state index in [-0.39, 0.29) is 73.8 Å². The van der Waals surface area contributed by atoms with Crippen LogP contribution in [0.3, 0.4) is 0 Å². The molecule has 0 aliphatic rings. The van der Waals surface area contributed by atoms with Crippen molar-refractivity contribution in [3.8, 4) is 11.1 Å². The zero-order valence-corrected chi connectivity index (χ0v) is 39.7. The van der Waals surface area contributed by atoms with Crippen molar-refractivity contribution in [3.63, 3.8) is 0 Å². The molecule has 4 heterocycles. The third kappa shape index (κ3) is 21.3. The first kappa shape index (κ1) is 55.1. The van der Waals surface area contributed by atoms with Crippen LogP contribution in [0.25, 0.3) is 11.1 Å². The van der Waals surface area contributed by atoms with Gasteiger partial charge in [0.15, 0.2) is 75.8 Å². The van der Waals surface area contributed by atoms with Crippen LogP contribution in [0.15, 0.2) is 165 Å². The molecule has 6 aromatic rings. The summed E-state index contributed by atoms with van der Waals surface area (Å²) in [4.78, 5) is 11.8. The number of halogens is 4. The molecule has 1 amide bonds. The molecule has 0 unspecified atom stereocenters. The molecular weight excluding hydrogens is 1010 g/mol. The molecule has 0 aliphatic heterocycles. The summed E-state index contributed by atoms with van der Waals surface area (Å²) in [6.45, 7) is 11.7. The average Bonchev–Trinajstić information content (AvgIpc) is 3.15. The summed E-state index contributed by atoms with van der Waals surface area (Å²) in [7, 11) is -2.33. The summed E-state index contributed by atoms with van der Waals surface area (Å²) < 4.78 is 8.79. The quantitative estimate of drug-likeness (QED) is 0.0474. The summed E-state index contributed by atoms with van der Waals surface area (Å²) in [5, 5.41) is 33.3. The molecular formula is C43H51B2Br4N5O5. The van der Waals surface area contributed by atoms with Crippen LogP contribution >= 0.6 is 0 Å². The predicted octanol–water partition coefficient (Wildman–Crippen LogP) is -8.92. The maximum absolute atomic E-state index is 11.8. The molecule has 0 saturated heterocycles. The monoisotopic (exact) mass is 1060 g/mol. The summed E-state index contributed by atoms with van der Waals surface area (Å²) in [6.07, 6.45) is 16.9. The van der Waals surface area contributed by atoms with E-state index in [0.29, 0.717) is 12.1 Å². The van der Waals surface area contributed by atoms with Gasteiger partial charge in [0.1, 0.15) is 0 Å². The minimum atomic E-state index is -1.17. The molecule has 0 spiro atoms. The number of pyridine rings is 4. The van der Waals surface area contributed by atoms with Crippen molar-refractivity contribution >= 4 is 20.1 Å². The smallest absolute Gasteiger partial charge is 0.448 e. The molecule has 59 heavy (non-hydrogen) atoms. The van der Waals surface area contributed by atoms with E-state index in [1.54, 1.807) is 6.92 Å². The van der Waals surface area contributed by atoms with Crippen molar-refractivity contribution in [1.82, 2.24) is 5.32 Å². The summed E-state index contributed by atoms with van der Waals surface area (Å²) in [6, 6.07) is 36.5. The van der Waals surface area contributed by atoms with Crippen LogP contribution in [0.4, 0.5) is 0 Å². The first-order valence-corrected chi connectivity index (χ1v) is 18.2. The number of carbonyl (C=O) groups excluding carboxylic acids is 1. The van der Waals surface area contributed by atoms with Gasteiger partial charge in [-0.2, -0.15) is 0 Å². The number of amides is 1. The van der Waals surface area contributed by atoms with E-state index in [9.17, 15) is 4.79 Å². The Kier molecular flexibility index (Phi) is 27.5. The Bertz CT molecular complexity index is 2090. The van der Waals surface area contributed by atoms with E-state index in [2.05, 4.69) is 165 Å². The van der Waals surface area contributed by atoms with Crippen molar-refractivity contribution in [1.29, 1.82) is 0 Å². The summed E-state index contributed by atoms with van der Waals surface area (Å²) in [5.74, 6) is -0.119. The van der Waals surface area contributed by atoms with Crippen molar-refractivity contribution in [2.45, 2.75) is 53.3 Å². The van der Waals surface area contributed by atoms with E-state index < -0.39 is 14.2 Å². The summed E-state index contributed by atoms with van der Waals surface area (Å²) in [5.41, 5.74) is 9.06. The SMILES string of the molecule is C=C(C)C(=O)NCc1cc[n+](Cc2cccc(C[n+]3ccc(-c4cc[n+](Cc5cccc(C[n+]6ccccc6)c5)cc4)cc3)c2)cc1.CB(O)O.CB(O)O.[Br-].[Br-].[Br-].[Br-]. The number of aromatic nitrogens is 4. The van der Waals surface area contributed by atoms with Gasteiger partial charge in [-0.15, -0.1) is 0 Å². The normalized spacial score (nSPS) is 9.54. The molecule has 5 N–H and O–H groups in total. The molecule has 0 radical (unpaired) electrons. The second kappa shape index (κ2) is 29.4. The molecule has 312 valence electrons. The first-order valence-electron chi connectivity index (χ1n) is 18.2. The van der Waals surface area contributed by atoms with Crippen molar-refractivity contribution in [3.05, 3.63) is 193 Å². The minimum absolute atomic E-state index is 0. The van der Waals surface area contributed by atoms with Gasteiger partial charge in [-0.3, -0.25) is 4.79 Å². The molecule has 6 rings (SSSR count). The molecule has 0 saturated carbocycles. The third-order valence-electron chi connectivity index (χ3n) is 8.14. The highest BCUT2D eigenvalue weighted by Gasteiger charge is 2.11. The summed E-state index contributed by atoms with van der Waals surface area (Å²) >= 11 is 0. The largest absolute Gasteiger partial charge is 1.00 e. The lowest BCUT2D eigenvalue weighted by Crippen LogP contribution is -3.00. The number of hydrogen-bond acceptors (Lipinski definition) is 5. The fraction of sp³-hybridized carbons (Fsp3) is 0.186. The lowest BCUT2D eigenvalue weighted by atomic mass is 9.99. The van der Waals surface area contributed by atoms with Gasteiger partial charge >= 0.3 is 14.2 Å². The standard InChI is InChI=1S/C41H40N5O.2CH5BO2.4BrH/c1-33(2)41(47)42-28-34-12-20-44(21-13-34)30-36-9-7-11-38(27-36)32-46-24-16-40(17-25-46)39-14-22-45(23-15-39)31-37-10-6-8-35(26-37)29-43-18-4-3-5-19-43;2*1-2(3)4;;;;/h3-27H,1,28-32H2,2H3;2*3-4H,1H3;4*1H/q+3;;;;;;/p-3. The molecule has 0 bridgehead atoms. The molecule has 0 aliphatic carbocycles. The Labute approximate surface area is 390 Å². The fourth-order valence-corrected chi connectivity index (χ4v) is 5.59. The van der Waals surface area contributed by atoms with Gasteiger partial charge < -0.3 is 93.3 Å². The number of nitrogens with one attached hydrogen (secondary N) is 1. The van der Waals surface area contributed by atoms with Crippen molar-refractivity contribution in [2.75, 3.05) is 0 Å². The number of carbonyl (C=O) groups is 1. The maximum atomic E-state index is 11.8. The highest BCUT2D eigenvalue weighted by Crippen LogP contribution is 2.16. The molecule has 2 aromatic carbocycles. The molecule has 4 aromatic heterocycles. The number of benzene rings is 2. The lowest BCUT2D eigenvalue weighted by molar-refractivity contribution is -0.689. The van der Waals surface area contributed by atoms with Crippen LogP contribution in [0, 0.1) is 0 Å². The Morgan fingerprint density at radius 1 is 0.508 bits per heavy atom. The molecule has 0 fully saturated rings. The van der Waals surface area contributed by atoms with Crippen LogP contribution < -0.4 is 91.5 Å². The Balaban J connectivity index is 0.00000258. The van der Waals surface area contributed by atoms with E-state index in [1.165, 1.54) is 47.0 Å². The van der Waals surface area contributed by atoms with Crippen LogP contribution in [-0.4, -0.2) is 40.2 Å². The van der Waals surface area contributed by atoms with Gasteiger partial charge in [-0.05, 0) is 49.4 Å². The van der Waals surface area contributed by atoms with Gasteiger partial charge in [-0.1, -0.05) is 49.0 Å². The van der Waals surface area contributed by atoms with E-state index >= 15 is 0 Å². The van der Waals surface area contributed by atoms with Gasteiger partial charge in [0.05, 0.1) is 0 Å². The Hall–Kier alpha value is -3.86. The van der Waals surface area contributed by atoms with Crippen LogP contribution in [-0.2, 0) is 37.5 Å². The lowest BCUT2D eigenvalue weighted by Gasteiger charge is -2.05. The van der Waals surface area contributed by atoms with E-state index in [4.69, 9.17) is 20.1 Å². The van der Waals surface area contributed by atoms with Gasteiger partial charge in [0.25, 0.3) is 0 Å². The third-order valence-corrected chi connectivity index (χ3v) is 8.14. The first-order chi connectivity index (χ1) is 26.4. The minimum Gasteiger partial charge on any atom is -1.00 e. The average molecular weight is 1060 g/mol. The Morgan fingerprint density at radius 2 is 0.814 bits per heavy atom. The second-order valence-corrected chi connectivity index (χ2v) is 13.3. The Morgan fingerprint density at radius 3 is 1.14 bits per heavy atom. The van der Waals surface area contributed by atoms with Crippen molar-refractivity contribution < 1.29 is 111 Å². The van der Waals surface area contributed by atoms with Crippen LogP contribution in [0.5, 0.6) is 0 Å². The van der Waals surface area contributed by atoms with Gasteiger partial charge in [0.2, 0.25) is 5.91 Å². The number of rotatable bonds is 12. The second-order valence-electron chi connectivity index (χ2n) is 13.3. The topological polar surface area (TPSA) is 126 Å². The van der Waals surface area contributed by atoms with Gasteiger partial charge in [-0.25, -0.2) is 18.3 Å². The zero-order valence-electron chi connectivity index (χ0n) is 33.3. The van der Waals surface area contributed by atoms with E-state index in [1.807, 2.05) is 18.2 Å². The fourth-order valence-electron chi connectivity index (χ4n) is 5.59. The van der Waals surface area contributed by atoms with Crippen molar-refractivity contribution in [2.24, 2.45) is 0 Å². The van der Waals surface area contributed by atoms with E-state index in [0.717, 1.165) is 31.7 Å². The highest BCUT2D eigenvalue weighted by molar-refractivity contribution is 6.39. The maximum Gasteiger partial charge on any atom is 0.448 e. The molecule has 0 atom stereocenters. The number of nitrogens with zero attached hydrogens (tertiary/aromatic N) is 4. The van der Waals surface area contributed by atoms with Crippen LogP contribution in [0.2, 0.25) is 13.6 Å². The van der Waals surface area contributed by atoms with Crippen LogP contribution in [0.1, 0.15) is 34.7 Å². The molecule has 16 heteroatoms. The predicted molar refractivity (Wildman–Crippen MR) is 214 cm³/mol. The highest BCUT2D eigenvalue weighted by atomic mass is 79.9. The number of hydrogen-bond donors (Lipinski definition) is 5. The molecule has 10 nitrogen and oxygen atoms in total. The zero-order chi connectivity index (χ0) is 39.6.